The van der Waals surface area contributed by atoms with Crippen molar-refractivity contribution in [2.75, 3.05) is 25.6 Å². The van der Waals surface area contributed by atoms with Crippen LogP contribution >= 0.6 is 7.75 Å². The summed E-state index contributed by atoms with van der Waals surface area (Å²) in [5.74, 6) is -1.06. The van der Waals surface area contributed by atoms with Gasteiger partial charge in [0.15, 0.2) is 11.2 Å². The molecule has 284 valence electrons. The van der Waals surface area contributed by atoms with Crippen molar-refractivity contribution in [2.45, 2.75) is 65.5 Å². The highest BCUT2D eigenvalue weighted by Crippen LogP contribution is 2.56. The number of imidazole rings is 1. The maximum absolute atomic E-state index is 14.8. The number of nitrogens with two attached hydrogens (primary N) is 2. The zero-order chi connectivity index (χ0) is 38.2. The normalized spacial score (nSPS) is 18.5. The largest absolute Gasteiger partial charge is 0.464 e. The predicted molar refractivity (Wildman–Crippen MR) is 200 cm³/mol. The monoisotopic (exact) mass is 749 g/mol. The minimum atomic E-state index is -4.37. The number of anilines is 1. The molecule has 1 aliphatic rings. The Bertz CT molecular complexity index is 2000. The number of carbonyl (C=O) groups excluding carboxylic acids is 2. The second-order valence-corrected chi connectivity index (χ2v) is 15.3. The van der Waals surface area contributed by atoms with Crippen LogP contribution in [0.25, 0.3) is 17.4 Å². The van der Waals surface area contributed by atoms with Crippen LogP contribution < -0.4 is 26.6 Å². The van der Waals surface area contributed by atoms with Crippen LogP contribution in [-0.4, -0.2) is 63.4 Å². The Hall–Kier alpha value is -4.82. The van der Waals surface area contributed by atoms with Crippen LogP contribution in [-0.2, 0) is 34.6 Å². The number of para-hydroxylation sites is 1. The third kappa shape index (κ3) is 10.2. The number of aromatic amines is 1. The Morgan fingerprint density at radius 1 is 1.04 bits per heavy atom. The number of nitrogens with zero attached hydrogens (tertiary/aromatic N) is 3. The second kappa shape index (κ2) is 17.3. The predicted octanol–water partition coefficient (Wildman–Crippen LogP) is 4.84. The molecule has 0 bridgehead atoms. The first kappa shape index (κ1) is 39.4. The molecule has 0 radical (unpaired) electrons. The van der Waals surface area contributed by atoms with Crippen LogP contribution in [0.3, 0.4) is 0 Å². The van der Waals surface area contributed by atoms with Gasteiger partial charge in [0.25, 0.3) is 5.56 Å². The molecule has 1 saturated carbocycles. The van der Waals surface area contributed by atoms with E-state index in [0.717, 1.165) is 18.4 Å². The summed E-state index contributed by atoms with van der Waals surface area (Å²) in [6.45, 7) is 7.45. The molecule has 16 heteroatoms. The highest BCUT2D eigenvalue weighted by molar-refractivity contribution is 7.52. The third-order valence-corrected chi connectivity index (χ3v) is 10.8. The number of fused-ring (bicyclic) bond motifs is 1. The number of nitrogens with one attached hydrogen (secondary N) is 2. The zero-order valence-electron chi connectivity index (χ0n) is 30.4. The average molecular weight is 750 g/mol. The van der Waals surface area contributed by atoms with Crippen molar-refractivity contribution in [3.63, 3.8) is 0 Å². The third-order valence-electron chi connectivity index (χ3n) is 9.29. The molecule has 2 unspecified atom stereocenters. The first-order valence-electron chi connectivity index (χ1n) is 17.7. The fourth-order valence-electron chi connectivity index (χ4n) is 5.58. The fourth-order valence-corrected chi connectivity index (χ4v) is 7.16. The Kier molecular flexibility index (Phi) is 12.9. The number of hydrogen-bond acceptors (Lipinski definition) is 12. The molecule has 15 nitrogen and oxygen atoms in total. The highest BCUT2D eigenvalue weighted by Gasteiger charge is 2.53. The Morgan fingerprint density at radius 2 is 1.72 bits per heavy atom. The van der Waals surface area contributed by atoms with Gasteiger partial charge < -0.3 is 25.5 Å². The molecule has 0 saturated heterocycles. The molecule has 5 rings (SSSR count). The minimum absolute atomic E-state index is 0.0818. The summed E-state index contributed by atoms with van der Waals surface area (Å²) in [4.78, 5) is 49.8. The molecule has 2 aromatic heterocycles. The number of ether oxygens (including phenoxy) is 2. The average Bonchev–Trinajstić information content (AvgIpc) is 3.68. The Labute approximate surface area is 308 Å². The van der Waals surface area contributed by atoms with Gasteiger partial charge in [0.2, 0.25) is 5.95 Å². The molecular formula is C37H48N7O8P. The SMILES string of the molecule is CCC(CC)COC(=O)[C@H](Cc1ccccc1)NP(=O)(OCC1(COC(=O)[C@@H](N)C(C)C)C/C1=C/n1cnc2c(=O)[nH]c(N)nc21)Oc1ccccc1. The second-order valence-electron chi connectivity index (χ2n) is 13.6. The molecule has 0 amide bonds. The molecule has 6 N–H and O–H groups in total. The Balaban J connectivity index is 1.46. The maximum Gasteiger partial charge on any atom is 0.459 e. The lowest BCUT2D eigenvalue weighted by Crippen LogP contribution is -2.40. The van der Waals surface area contributed by atoms with Crippen molar-refractivity contribution in [1.82, 2.24) is 24.6 Å². The number of hydrogen-bond donors (Lipinski definition) is 4. The number of H-pyrrole nitrogens is 1. The van der Waals surface area contributed by atoms with Gasteiger partial charge >= 0.3 is 19.7 Å². The van der Waals surface area contributed by atoms with Crippen LogP contribution in [0.15, 0.2) is 77.4 Å². The molecule has 1 aliphatic carbocycles. The van der Waals surface area contributed by atoms with E-state index in [1.54, 1.807) is 36.5 Å². The Morgan fingerprint density at radius 3 is 2.38 bits per heavy atom. The van der Waals surface area contributed by atoms with Gasteiger partial charge in [0.05, 0.1) is 18.6 Å². The standard InChI is InChI=1S/C37H48N7O8P/c1-5-25(6-2)20-49-34(46)29(17-26-13-9-7-10-14-26)43-53(48,52-28-15-11-8-12-16-28)51-22-37(21-50-35(47)30(38)24(3)4)18-27(37)19-44-23-40-31-32(44)41-36(39)42-33(31)45/h7-16,19,23-25,29-30H,5-6,17-18,20-22,38H2,1-4H3,(H,43,48)(H3,39,41,42,45)/b27-19-/t29-,30-,37?,53?/m0/s1. The summed E-state index contributed by atoms with van der Waals surface area (Å²) < 4.78 is 40.0. The lowest BCUT2D eigenvalue weighted by molar-refractivity contribution is -0.149. The van der Waals surface area contributed by atoms with Crippen molar-refractivity contribution in [3.05, 3.63) is 88.5 Å². The summed E-state index contributed by atoms with van der Waals surface area (Å²) in [6, 6.07) is 15.7. The summed E-state index contributed by atoms with van der Waals surface area (Å²) in [6.07, 6.45) is 5.24. The van der Waals surface area contributed by atoms with Crippen LogP contribution in [0.2, 0.25) is 0 Å². The van der Waals surface area contributed by atoms with Crippen molar-refractivity contribution in [1.29, 1.82) is 0 Å². The summed E-state index contributed by atoms with van der Waals surface area (Å²) in [5.41, 5.74) is 12.2. The van der Waals surface area contributed by atoms with Gasteiger partial charge in [-0.3, -0.25) is 28.5 Å². The number of nitrogen functional groups attached to an aromatic ring is 1. The van der Waals surface area contributed by atoms with E-state index < -0.39 is 42.7 Å². The van der Waals surface area contributed by atoms with Crippen LogP contribution in [0.5, 0.6) is 5.75 Å². The lowest BCUT2D eigenvalue weighted by atomic mass is 10.0. The molecule has 2 aromatic carbocycles. The fraction of sp³-hybridized carbons (Fsp3) is 0.432. The summed E-state index contributed by atoms with van der Waals surface area (Å²) >= 11 is 0. The highest BCUT2D eigenvalue weighted by atomic mass is 31.2. The molecule has 53 heavy (non-hydrogen) atoms. The molecule has 0 aliphatic heterocycles. The number of aromatic nitrogens is 4. The zero-order valence-corrected chi connectivity index (χ0v) is 31.3. The van der Waals surface area contributed by atoms with Gasteiger partial charge in [0, 0.05) is 6.20 Å². The smallest absolute Gasteiger partial charge is 0.459 e. The molecular weight excluding hydrogens is 701 g/mol. The van der Waals surface area contributed by atoms with Crippen molar-refractivity contribution < 1.29 is 32.7 Å². The van der Waals surface area contributed by atoms with E-state index in [2.05, 4.69) is 20.0 Å². The van der Waals surface area contributed by atoms with Crippen molar-refractivity contribution in [2.24, 2.45) is 23.0 Å². The first-order valence-corrected chi connectivity index (χ1v) is 19.2. The van der Waals surface area contributed by atoms with E-state index in [1.165, 1.54) is 10.9 Å². The van der Waals surface area contributed by atoms with Gasteiger partial charge in [-0.1, -0.05) is 89.1 Å². The summed E-state index contributed by atoms with van der Waals surface area (Å²) in [5, 5.41) is 2.89. The van der Waals surface area contributed by atoms with E-state index in [-0.39, 0.29) is 60.9 Å². The number of benzene rings is 2. The van der Waals surface area contributed by atoms with E-state index in [4.69, 9.17) is 30.0 Å². The van der Waals surface area contributed by atoms with E-state index >= 15 is 0 Å². The van der Waals surface area contributed by atoms with E-state index in [9.17, 15) is 18.9 Å². The van der Waals surface area contributed by atoms with Crippen LogP contribution in [0.1, 0.15) is 52.5 Å². The van der Waals surface area contributed by atoms with Gasteiger partial charge in [-0.2, -0.15) is 10.1 Å². The first-order chi connectivity index (χ1) is 25.3. The molecule has 1 fully saturated rings. The van der Waals surface area contributed by atoms with Crippen LogP contribution in [0.4, 0.5) is 5.95 Å². The van der Waals surface area contributed by atoms with Gasteiger partial charge in [-0.25, -0.2) is 9.55 Å². The van der Waals surface area contributed by atoms with Gasteiger partial charge in [-0.05, 0) is 47.9 Å². The molecule has 2 heterocycles. The summed E-state index contributed by atoms with van der Waals surface area (Å²) in [7, 11) is -4.37. The van der Waals surface area contributed by atoms with Gasteiger partial charge in [-0.15, -0.1) is 0 Å². The maximum atomic E-state index is 14.8. The molecule has 0 spiro atoms. The van der Waals surface area contributed by atoms with E-state index in [0.29, 0.717) is 12.0 Å². The van der Waals surface area contributed by atoms with Gasteiger partial charge in [0.1, 0.15) is 30.8 Å². The topological polar surface area (TPSA) is 216 Å². The molecule has 4 aromatic rings. The lowest BCUT2D eigenvalue weighted by Gasteiger charge is -2.27. The number of esters is 2. The quantitative estimate of drug-likeness (QED) is 0.0747. The van der Waals surface area contributed by atoms with Crippen LogP contribution in [0, 0.1) is 17.3 Å². The molecule has 4 atom stereocenters. The van der Waals surface area contributed by atoms with E-state index in [1.807, 2.05) is 58.0 Å². The van der Waals surface area contributed by atoms with Crippen molar-refractivity contribution in [3.8, 4) is 5.75 Å². The minimum Gasteiger partial charge on any atom is -0.464 e. The van der Waals surface area contributed by atoms with Crippen molar-refractivity contribution >= 4 is 43.0 Å². The number of rotatable bonds is 19. The number of carbonyl (C=O) groups is 2.